The number of benzene rings is 1. The predicted molar refractivity (Wildman–Crippen MR) is 80.3 cm³/mol. The number of aryl methyl sites for hydroxylation is 1. The van der Waals surface area contributed by atoms with Gasteiger partial charge in [-0.15, -0.1) is 0 Å². The van der Waals surface area contributed by atoms with E-state index in [9.17, 15) is 0 Å². The van der Waals surface area contributed by atoms with Crippen LogP contribution < -0.4 is 9.47 Å². The summed E-state index contributed by atoms with van der Waals surface area (Å²) in [5.41, 5.74) is 2.63. The lowest BCUT2D eigenvalue weighted by Gasteiger charge is -2.22. The fourth-order valence-corrected chi connectivity index (χ4v) is 2.20. The van der Waals surface area contributed by atoms with E-state index in [1.165, 1.54) is 17.7 Å². The highest BCUT2D eigenvalue weighted by Gasteiger charge is 2.07. The van der Waals surface area contributed by atoms with Gasteiger partial charge in [0.2, 0.25) is 0 Å². The summed E-state index contributed by atoms with van der Waals surface area (Å²) >= 11 is 0. The molecule has 0 N–H and O–H groups in total. The highest BCUT2D eigenvalue weighted by molar-refractivity contribution is 5.45. The van der Waals surface area contributed by atoms with Crippen LogP contribution in [-0.2, 0) is 6.54 Å². The highest BCUT2D eigenvalue weighted by Crippen LogP contribution is 2.12. The minimum Gasteiger partial charge on any atom is -0.365 e. The number of hydrogen-bond donors (Lipinski definition) is 0. The van der Waals surface area contributed by atoms with Gasteiger partial charge in [-0.05, 0) is 31.0 Å². The zero-order valence-corrected chi connectivity index (χ0v) is 11.9. The monoisotopic (exact) mass is 255 g/mol. The Labute approximate surface area is 116 Å². The van der Waals surface area contributed by atoms with Gasteiger partial charge in [-0.3, -0.25) is 0 Å². The second-order valence-corrected chi connectivity index (χ2v) is 4.94. The van der Waals surface area contributed by atoms with Crippen LogP contribution in [-0.4, -0.2) is 13.1 Å². The van der Waals surface area contributed by atoms with Gasteiger partial charge in [-0.1, -0.05) is 25.1 Å². The molecular weight excluding hydrogens is 232 g/mol. The molecular formula is C17H23N2+. The molecule has 0 aliphatic carbocycles. The summed E-state index contributed by atoms with van der Waals surface area (Å²) in [6.07, 6.45) is 5.49. The van der Waals surface area contributed by atoms with Crippen molar-refractivity contribution in [3.8, 4) is 0 Å². The van der Waals surface area contributed by atoms with Crippen molar-refractivity contribution in [2.45, 2.75) is 26.8 Å². The fraction of sp³-hybridized carbons (Fsp3) is 0.353. The number of anilines is 1. The van der Waals surface area contributed by atoms with Crippen molar-refractivity contribution in [1.29, 1.82) is 0 Å². The molecule has 2 heteroatoms. The van der Waals surface area contributed by atoms with E-state index in [4.69, 9.17) is 0 Å². The number of para-hydroxylation sites is 1. The van der Waals surface area contributed by atoms with Crippen LogP contribution in [0.25, 0.3) is 0 Å². The third-order valence-electron chi connectivity index (χ3n) is 3.30. The van der Waals surface area contributed by atoms with Gasteiger partial charge in [0.15, 0.2) is 18.9 Å². The summed E-state index contributed by atoms with van der Waals surface area (Å²) in [6.45, 7) is 7.53. The molecule has 0 atom stereocenters. The summed E-state index contributed by atoms with van der Waals surface area (Å²) < 4.78 is 2.25. The molecule has 0 spiro atoms. The van der Waals surface area contributed by atoms with Gasteiger partial charge in [-0.25, -0.2) is 4.57 Å². The van der Waals surface area contributed by atoms with E-state index in [1.807, 2.05) is 0 Å². The first kappa shape index (κ1) is 13.6. The standard InChI is InChI=1S/C17H23N2/c1-3-11-19(17-7-5-4-6-8-17)15-14-18-12-9-16(2)10-13-18/h4-10,12-13H,3,11,14-15H2,1-2H3/q+1. The van der Waals surface area contributed by atoms with E-state index in [0.29, 0.717) is 0 Å². The topological polar surface area (TPSA) is 7.12 Å². The lowest BCUT2D eigenvalue weighted by atomic mass is 10.2. The average Bonchev–Trinajstić information content (AvgIpc) is 2.46. The molecule has 0 unspecified atom stereocenters. The minimum atomic E-state index is 1.02. The first-order chi connectivity index (χ1) is 9.29. The van der Waals surface area contributed by atoms with E-state index in [1.54, 1.807) is 0 Å². The van der Waals surface area contributed by atoms with Crippen LogP contribution in [0, 0.1) is 6.92 Å². The second-order valence-electron chi connectivity index (χ2n) is 4.94. The number of aromatic nitrogens is 1. The molecule has 2 rings (SSSR count). The van der Waals surface area contributed by atoms with Crippen molar-refractivity contribution in [2.75, 3.05) is 18.0 Å². The van der Waals surface area contributed by atoms with Crippen molar-refractivity contribution in [3.63, 3.8) is 0 Å². The van der Waals surface area contributed by atoms with Crippen molar-refractivity contribution >= 4 is 5.69 Å². The predicted octanol–water partition coefficient (Wildman–Crippen LogP) is 3.20. The molecule has 2 nitrogen and oxygen atoms in total. The highest BCUT2D eigenvalue weighted by atomic mass is 15.1. The molecule has 0 fully saturated rings. The maximum atomic E-state index is 2.45. The maximum absolute atomic E-state index is 2.45. The molecule has 19 heavy (non-hydrogen) atoms. The van der Waals surface area contributed by atoms with Gasteiger partial charge in [0, 0.05) is 24.4 Å². The number of rotatable bonds is 6. The van der Waals surface area contributed by atoms with Gasteiger partial charge < -0.3 is 4.90 Å². The SMILES string of the molecule is CCCN(CC[n+]1ccc(C)cc1)c1ccccc1. The molecule has 0 radical (unpaired) electrons. The van der Waals surface area contributed by atoms with Crippen molar-refractivity contribution in [1.82, 2.24) is 0 Å². The average molecular weight is 255 g/mol. The Balaban J connectivity index is 1.99. The van der Waals surface area contributed by atoms with Crippen LogP contribution in [0.1, 0.15) is 18.9 Å². The third-order valence-corrected chi connectivity index (χ3v) is 3.30. The van der Waals surface area contributed by atoms with Crippen LogP contribution in [0.4, 0.5) is 5.69 Å². The van der Waals surface area contributed by atoms with E-state index >= 15 is 0 Å². The number of pyridine rings is 1. The molecule has 0 saturated carbocycles. The second kappa shape index (κ2) is 6.93. The first-order valence-corrected chi connectivity index (χ1v) is 7.05. The molecule has 1 aromatic heterocycles. The van der Waals surface area contributed by atoms with Crippen molar-refractivity contribution in [2.24, 2.45) is 0 Å². The Morgan fingerprint density at radius 2 is 1.63 bits per heavy atom. The summed E-state index contributed by atoms with van der Waals surface area (Å²) in [5.74, 6) is 0. The van der Waals surface area contributed by atoms with Crippen LogP contribution >= 0.6 is 0 Å². The van der Waals surface area contributed by atoms with E-state index in [-0.39, 0.29) is 0 Å². The maximum Gasteiger partial charge on any atom is 0.169 e. The van der Waals surface area contributed by atoms with Crippen molar-refractivity contribution < 1.29 is 4.57 Å². The molecule has 0 amide bonds. The zero-order valence-electron chi connectivity index (χ0n) is 11.9. The Bertz CT molecular complexity index is 476. The summed E-state index contributed by atoms with van der Waals surface area (Å²) in [5, 5.41) is 0. The van der Waals surface area contributed by atoms with Crippen LogP contribution in [0.5, 0.6) is 0 Å². The van der Waals surface area contributed by atoms with E-state index in [2.05, 4.69) is 78.2 Å². The van der Waals surface area contributed by atoms with Crippen molar-refractivity contribution in [3.05, 3.63) is 60.4 Å². The lowest BCUT2D eigenvalue weighted by Crippen LogP contribution is -2.40. The van der Waals surface area contributed by atoms with Gasteiger partial charge in [0.25, 0.3) is 0 Å². The summed E-state index contributed by atoms with van der Waals surface area (Å²) in [6, 6.07) is 15.0. The van der Waals surface area contributed by atoms with E-state index in [0.717, 1.165) is 19.6 Å². The smallest absolute Gasteiger partial charge is 0.169 e. The Morgan fingerprint density at radius 1 is 0.947 bits per heavy atom. The van der Waals surface area contributed by atoms with Gasteiger partial charge >= 0.3 is 0 Å². The molecule has 2 aromatic rings. The summed E-state index contributed by atoms with van der Waals surface area (Å²) in [7, 11) is 0. The Kier molecular flexibility index (Phi) is 4.96. The minimum absolute atomic E-state index is 1.02. The molecule has 1 aromatic carbocycles. The molecule has 0 aliphatic rings. The van der Waals surface area contributed by atoms with Gasteiger partial charge in [-0.2, -0.15) is 0 Å². The Hall–Kier alpha value is -1.83. The largest absolute Gasteiger partial charge is 0.365 e. The summed E-state index contributed by atoms with van der Waals surface area (Å²) in [4.78, 5) is 2.45. The fourth-order valence-electron chi connectivity index (χ4n) is 2.20. The quantitative estimate of drug-likeness (QED) is 0.719. The third kappa shape index (κ3) is 4.09. The van der Waals surface area contributed by atoms with Gasteiger partial charge in [0.05, 0.1) is 6.54 Å². The Morgan fingerprint density at radius 3 is 2.26 bits per heavy atom. The molecule has 0 aliphatic heterocycles. The normalized spacial score (nSPS) is 10.4. The van der Waals surface area contributed by atoms with Crippen LogP contribution in [0.3, 0.4) is 0 Å². The number of nitrogens with zero attached hydrogens (tertiary/aromatic N) is 2. The van der Waals surface area contributed by atoms with Crippen LogP contribution in [0.2, 0.25) is 0 Å². The zero-order chi connectivity index (χ0) is 13.5. The van der Waals surface area contributed by atoms with Crippen LogP contribution in [0.15, 0.2) is 54.9 Å². The molecule has 100 valence electrons. The first-order valence-electron chi connectivity index (χ1n) is 7.05. The molecule has 1 heterocycles. The molecule has 0 bridgehead atoms. The molecule has 0 saturated heterocycles. The number of hydrogen-bond acceptors (Lipinski definition) is 1. The van der Waals surface area contributed by atoms with E-state index < -0.39 is 0 Å². The van der Waals surface area contributed by atoms with Gasteiger partial charge in [0.1, 0.15) is 0 Å². The lowest BCUT2D eigenvalue weighted by molar-refractivity contribution is -0.694.